The summed E-state index contributed by atoms with van der Waals surface area (Å²) in [5, 5.41) is 14.3. The van der Waals surface area contributed by atoms with Gasteiger partial charge >= 0.3 is 6.01 Å². The van der Waals surface area contributed by atoms with Crippen molar-refractivity contribution in [2.75, 3.05) is 18.5 Å². The molecule has 0 fully saturated rings. The van der Waals surface area contributed by atoms with E-state index in [4.69, 9.17) is 9.15 Å². The van der Waals surface area contributed by atoms with Crippen molar-refractivity contribution < 1.29 is 9.15 Å². The van der Waals surface area contributed by atoms with Gasteiger partial charge in [-0.2, -0.15) is 0 Å². The standard InChI is InChI=1S/C12H24N4O2/c1-6-17-8-9(2)14-11-16-15-10(18-11)7-13-12(3,4)5/h9,13H,6-8H2,1-5H3,(H,14,16). The van der Waals surface area contributed by atoms with Gasteiger partial charge in [-0.3, -0.25) is 0 Å². The van der Waals surface area contributed by atoms with Crippen LogP contribution >= 0.6 is 0 Å². The minimum absolute atomic E-state index is 0.0321. The van der Waals surface area contributed by atoms with Crippen LogP contribution in [0.4, 0.5) is 6.01 Å². The molecule has 0 radical (unpaired) electrons. The SMILES string of the molecule is CCOCC(C)Nc1nnc(CNC(C)(C)C)o1. The fourth-order valence-corrected chi connectivity index (χ4v) is 1.27. The lowest BCUT2D eigenvalue weighted by molar-refractivity contribution is 0.140. The van der Waals surface area contributed by atoms with Gasteiger partial charge in [0.15, 0.2) is 0 Å². The molecule has 0 aromatic carbocycles. The average Bonchev–Trinajstić information content (AvgIpc) is 2.70. The highest BCUT2D eigenvalue weighted by atomic mass is 16.5. The van der Waals surface area contributed by atoms with Gasteiger partial charge in [-0.1, -0.05) is 5.10 Å². The molecule has 1 atom stereocenters. The Labute approximate surface area is 108 Å². The highest BCUT2D eigenvalue weighted by Gasteiger charge is 2.13. The molecule has 18 heavy (non-hydrogen) atoms. The predicted molar refractivity (Wildman–Crippen MR) is 70.5 cm³/mol. The lowest BCUT2D eigenvalue weighted by Gasteiger charge is -2.18. The number of hydrogen-bond acceptors (Lipinski definition) is 6. The number of hydrogen-bond donors (Lipinski definition) is 2. The highest BCUT2D eigenvalue weighted by molar-refractivity contribution is 5.18. The molecule has 0 aliphatic heterocycles. The number of nitrogens with zero attached hydrogens (tertiary/aromatic N) is 2. The Morgan fingerprint density at radius 3 is 2.67 bits per heavy atom. The molecule has 6 nitrogen and oxygen atoms in total. The molecule has 0 aliphatic carbocycles. The number of ether oxygens (including phenoxy) is 1. The zero-order valence-corrected chi connectivity index (χ0v) is 11.9. The summed E-state index contributed by atoms with van der Waals surface area (Å²) in [6, 6.07) is 0.585. The van der Waals surface area contributed by atoms with Gasteiger partial charge < -0.3 is 19.8 Å². The third-order valence-corrected chi connectivity index (χ3v) is 2.18. The minimum Gasteiger partial charge on any atom is -0.407 e. The molecule has 1 rings (SSSR count). The monoisotopic (exact) mass is 256 g/mol. The highest BCUT2D eigenvalue weighted by Crippen LogP contribution is 2.08. The third-order valence-electron chi connectivity index (χ3n) is 2.18. The van der Waals surface area contributed by atoms with Gasteiger partial charge in [-0.15, -0.1) is 5.10 Å². The van der Waals surface area contributed by atoms with Gasteiger partial charge in [0.2, 0.25) is 5.89 Å². The van der Waals surface area contributed by atoms with E-state index in [1.54, 1.807) is 0 Å². The van der Waals surface area contributed by atoms with Crippen molar-refractivity contribution in [2.24, 2.45) is 0 Å². The van der Waals surface area contributed by atoms with E-state index in [1.165, 1.54) is 0 Å². The molecule has 0 saturated carbocycles. The molecule has 1 heterocycles. The van der Waals surface area contributed by atoms with Crippen LogP contribution in [0.3, 0.4) is 0 Å². The van der Waals surface area contributed by atoms with E-state index < -0.39 is 0 Å². The van der Waals surface area contributed by atoms with Crippen LogP contribution in [0.1, 0.15) is 40.5 Å². The van der Waals surface area contributed by atoms with E-state index in [1.807, 2.05) is 13.8 Å². The first-order chi connectivity index (χ1) is 8.40. The lowest BCUT2D eigenvalue weighted by Crippen LogP contribution is -2.35. The van der Waals surface area contributed by atoms with E-state index in [2.05, 4.69) is 41.6 Å². The largest absolute Gasteiger partial charge is 0.407 e. The smallest absolute Gasteiger partial charge is 0.315 e. The number of rotatable bonds is 7. The van der Waals surface area contributed by atoms with Crippen molar-refractivity contribution in [3.63, 3.8) is 0 Å². The Balaban J connectivity index is 2.38. The molecule has 0 saturated heterocycles. The zero-order valence-electron chi connectivity index (χ0n) is 11.9. The summed E-state index contributed by atoms with van der Waals surface area (Å²) in [4.78, 5) is 0. The molecule has 1 unspecified atom stereocenters. The van der Waals surface area contributed by atoms with Crippen molar-refractivity contribution >= 4 is 6.01 Å². The molecule has 2 N–H and O–H groups in total. The van der Waals surface area contributed by atoms with Crippen LogP contribution in [0.5, 0.6) is 0 Å². The summed E-state index contributed by atoms with van der Waals surface area (Å²) in [5.41, 5.74) is 0.0321. The normalized spacial score (nSPS) is 13.6. The van der Waals surface area contributed by atoms with Crippen molar-refractivity contribution in [2.45, 2.75) is 52.7 Å². The van der Waals surface area contributed by atoms with Gasteiger partial charge in [0.25, 0.3) is 0 Å². The molecule has 0 amide bonds. The second kappa shape index (κ2) is 6.70. The van der Waals surface area contributed by atoms with Crippen LogP contribution in [-0.2, 0) is 11.3 Å². The summed E-state index contributed by atoms with van der Waals surface area (Å²) in [7, 11) is 0. The Kier molecular flexibility index (Phi) is 5.55. The molecular weight excluding hydrogens is 232 g/mol. The number of anilines is 1. The Morgan fingerprint density at radius 2 is 2.06 bits per heavy atom. The van der Waals surface area contributed by atoms with Gasteiger partial charge in [-0.05, 0) is 34.6 Å². The fourth-order valence-electron chi connectivity index (χ4n) is 1.27. The second-order valence-corrected chi connectivity index (χ2v) is 5.31. The van der Waals surface area contributed by atoms with Gasteiger partial charge in [-0.25, -0.2) is 0 Å². The molecule has 6 heteroatoms. The summed E-state index contributed by atoms with van der Waals surface area (Å²) in [6.07, 6.45) is 0. The molecule has 0 bridgehead atoms. The van der Waals surface area contributed by atoms with Crippen molar-refractivity contribution in [1.82, 2.24) is 15.5 Å². The first-order valence-corrected chi connectivity index (χ1v) is 6.32. The Bertz CT molecular complexity index is 346. The number of nitrogens with one attached hydrogen (secondary N) is 2. The lowest BCUT2D eigenvalue weighted by atomic mass is 10.1. The zero-order chi connectivity index (χ0) is 13.6. The minimum atomic E-state index is 0.0321. The van der Waals surface area contributed by atoms with Crippen molar-refractivity contribution in [1.29, 1.82) is 0 Å². The Hall–Kier alpha value is -1.14. The molecule has 1 aromatic rings. The molecule has 104 valence electrons. The first kappa shape index (κ1) is 14.9. The predicted octanol–water partition coefficient (Wildman–Crippen LogP) is 1.79. The quantitative estimate of drug-likeness (QED) is 0.775. The summed E-state index contributed by atoms with van der Waals surface area (Å²) >= 11 is 0. The van der Waals surface area contributed by atoms with Crippen LogP contribution in [0.15, 0.2) is 4.42 Å². The van der Waals surface area contributed by atoms with E-state index >= 15 is 0 Å². The summed E-state index contributed by atoms with van der Waals surface area (Å²) in [5.74, 6) is 0.580. The molecule has 0 aliphatic rings. The van der Waals surface area contributed by atoms with E-state index in [0.29, 0.717) is 31.7 Å². The first-order valence-electron chi connectivity index (χ1n) is 6.32. The maximum absolute atomic E-state index is 5.48. The third kappa shape index (κ3) is 5.97. The van der Waals surface area contributed by atoms with Crippen LogP contribution in [0.2, 0.25) is 0 Å². The van der Waals surface area contributed by atoms with Crippen LogP contribution in [-0.4, -0.2) is 35.0 Å². The van der Waals surface area contributed by atoms with Crippen LogP contribution in [0, 0.1) is 0 Å². The van der Waals surface area contributed by atoms with E-state index in [9.17, 15) is 0 Å². The summed E-state index contributed by atoms with van der Waals surface area (Å²) in [6.45, 7) is 12.1. The molecule has 1 aromatic heterocycles. The van der Waals surface area contributed by atoms with Crippen molar-refractivity contribution in [3.05, 3.63) is 5.89 Å². The van der Waals surface area contributed by atoms with Gasteiger partial charge in [0.05, 0.1) is 19.2 Å². The van der Waals surface area contributed by atoms with Gasteiger partial charge in [0.1, 0.15) is 0 Å². The topological polar surface area (TPSA) is 72.2 Å². The average molecular weight is 256 g/mol. The van der Waals surface area contributed by atoms with E-state index in [-0.39, 0.29) is 11.6 Å². The van der Waals surface area contributed by atoms with E-state index in [0.717, 1.165) is 0 Å². The van der Waals surface area contributed by atoms with Crippen molar-refractivity contribution in [3.8, 4) is 0 Å². The number of aromatic nitrogens is 2. The van der Waals surface area contributed by atoms with Gasteiger partial charge in [0, 0.05) is 12.1 Å². The fraction of sp³-hybridized carbons (Fsp3) is 0.833. The van der Waals surface area contributed by atoms with Crippen LogP contribution in [0.25, 0.3) is 0 Å². The maximum atomic E-state index is 5.48. The summed E-state index contributed by atoms with van der Waals surface area (Å²) < 4.78 is 10.8. The maximum Gasteiger partial charge on any atom is 0.315 e. The molecular formula is C12H24N4O2. The van der Waals surface area contributed by atoms with Crippen LogP contribution < -0.4 is 10.6 Å². The molecule has 0 spiro atoms. The second-order valence-electron chi connectivity index (χ2n) is 5.31. The Morgan fingerprint density at radius 1 is 1.33 bits per heavy atom.